The summed E-state index contributed by atoms with van der Waals surface area (Å²) in [5.41, 5.74) is 1.03. The molecule has 1 aromatic rings. The molecule has 1 amide bonds. The molecule has 1 fully saturated rings. The first-order chi connectivity index (χ1) is 10.0. The molecule has 1 aliphatic heterocycles. The Kier molecular flexibility index (Phi) is 4.59. The van der Waals surface area contributed by atoms with Crippen LogP contribution in [-0.2, 0) is 14.3 Å². The average molecular weight is 286 g/mol. The zero-order valence-electron chi connectivity index (χ0n) is 12.2. The maximum atomic E-state index is 12.1. The number of rotatable bonds is 4. The molecule has 1 aromatic carbocycles. The van der Waals surface area contributed by atoms with E-state index in [-0.39, 0.29) is 18.4 Å². The van der Waals surface area contributed by atoms with Gasteiger partial charge in [-0.15, -0.1) is 0 Å². The molecule has 5 heteroatoms. The molecule has 110 valence electrons. The van der Waals surface area contributed by atoms with Crippen LogP contribution in [0.2, 0.25) is 0 Å². The number of benzene rings is 1. The SMILES string of the molecule is C[C@H](C#N)OC(=O)[C@H]1CC(=O)N([C@@H](C)c2ccccc2)C1. The van der Waals surface area contributed by atoms with Crippen molar-refractivity contribution < 1.29 is 14.3 Å². The molecule has 0 unspecified atom stereocenters. The van der Waals surface area contributed by atoms with Crippen molar-refractivity contribution >= 4 is 11.9 Å². The van der Waals surface area contributed by atoms with Gasteiger partial charge in [0.2, 0.25) is 5.91 Å². The summed E-state index contributed by atoms with van der Waals surface area (Å²) in [6.45, 7) is 3.80. The molecule has 0 aliphatic carbocycles. The first kappa shape index (κ1) is 15.0. The Hall–Kier alpha value is -2.35. The molecule has 0 N–H and O–H groups in total. The molecule has 0 radical (unpaired) electrons. The van der Waals surface area contributed by atoms with Crippen LogP contribution in [0.4, 0.5) is 0 Å². The molecule has 1 saturated heterocycles. The van der Waals surface area contributed by atoms with E-state index in [1.807, 2.05) is 43.3 Å². The maximum absolute atomic E-state index is 12.1. The van der Waals surface area contributed by atoms with Crippen molar-refractivity contribution in [3.05, 3.63) is 35.9 Å². The molecular weight excluding hydrogens is 268 g/mol. The number of likely N-dealkylation sites (tertiary alicyclic amines) is 1. The van der Waals surface area contributed by atoms with E-state index in [1.54, 1.807) is 4.90 Å². The van der Waals surface area contributed by atoms with E-state index in [0.29, 0.717) is 6.54 Å². The van der Waals surface area contributed by atoms with Gasteiger partial charge in [0.15, 0.2) is 6.10 Å². The van der Waals surface area contributed by atoms with Gasteiger partial charge in [0.05, 0.1) is 12.0 Å². The number of carbonyl (C=O) groups excluding carboxylic acids is 2. The topological polar surface area (TPSA) is 70.4 Å². The van der Waals surface area contributed by atoms with Crippen molar-refractivity contribution in [1.29, 1.82) is 5.26 Å². The van der Waals surface area contributed by atoms with Crippen LogP contribution in [0, 0.1) is 17.2 Å². The smallest absolute Gasteiger partial charge is 0.312 e. The fourth-order valence-electron chi connectivity index (χ4n) is 2.47. The second-order valence-corrected chi connectivity index (χ2v) is 5.24. The second kappa shape index (κ2) is 6.40. The van der Waals surface area contributed by atoms with E-state index < -0.39 is 18.0 Å². The van der Waals surface area contributed by atoms with Crippen LogP contribution in [0.5, 0.6) is 0 Å². The highest BCUT2D eigenvalue weighted by molar-refractivity contribution is 5.87. The first-order valence-electron chi connectivity index (χ1n) is 6.97. The van der Waals surface area contributed by atoms with E-state index in [4.69, 9.17) is 10.00 Å². The number of hydrogen-bond acceptors (Lipinski definition) is 4. The highest BCUT2D eigenvalue weighted by Crippen LogP contribution is 2.29. The summed E-state index contributed by atoms with van der Waals surface area (Å²) in [4.78, 5) is 25.7. The third-order valence-corrected chi connectivity index (χ3v) is 3.72. The molecule has 0 saturated carbocycles. The van der Waals surface area contributed by atoms with Gasteiger partial charge in [-0.3, -0.25) is 9.59 Å². The number of nitriles is 1. The van der Waals surface area contributed by atoms with Gasteiger partial charge < -0.3 is 9.64 Å². The lowest BCUT2D eigenvalue weighted by Crippen LogP contribution is -2.30. The van der Waals surface area contributed by atoms with E-state index in [0.717, 1.165) is 5.56 Å². The summed E-state index contributed by atoms with van der Waals surface area (Å²) >= 11 is 0. The van der Waals surface area contributed by atoms with E-state index >= 15 is 0 Å². The molecule has 0 bridgehead atoms. The Morgan fingerprint density at radius 1 is 1.38 bits per heavy atom. The highest BCUT2D eigenvalue weighted by atomic mass is 16.5. The molecule has 1 heterocycles. The number of carbonyl (C=O) groups is 2. The molecule has 3 atom stereocenters. The minimum atomic E-state index is -0.784. The Labute approximate surface area is 124 Å². The van der Waals surface area contributed by atoms with Crippen molar-refractivity contribution in [2.24, 2.45) is 5.92 Å². The van der Waals surface area contributed by atoms with Gasteiger partial charge in [-0.1, -0.05) is 30.3 Å². The second-order valence-electron chi connectivity index (χ2n) is 5.24. The fourth-order valence-corrected chi connectivity index (χ4v) is 2.47. The summed E-state index contributed by atoms with van der Waals surface area (Å²) < 4.78 is 4.99. The van der Waals surface area contributed by atoms with E-state index in [2.05, 4.69) is 0 Å². The van der Waals surface area contributed by atoms with Gasteiger partial charge >= 0.3 is 5.97 Å². The van der Waals surface area contributed by atoms with E-state index in [1.165, 1.54) is 6.92 Å². The van der Waals surface area contributed by atoms with Crippen LogP contribution >= 0.6 is 0 Å². The number of ether oxygens (including phenoxy) is 1. The van der Waals surface area contributed by atoms with Crippen LogP contribution < -0.4 is 0 Å². The van der Waals surface area contributed by atoms with Gasteiger partial charge in [-0.05, 0) is 19.4 Å². The monoisotopic (exact) mass is 286 g/mol. The lowest BCUT2D eigenvalue weighted by molar-refractivity contribution is -0.150. The Bertz CT molecular complexity index is 565. The quantitative estimate of drug-likeness (QED) is 0.794. The van der Waals surface area contributed by atoms with Gasteiger partial charge in [0, 0.05) is 13.0 Å². The van der Waals surface area contributed by atoms with E-state index in [9.17, 15) is 9.59 Å². The van der Waals surface area contributed by atoms with Crippen molar-refractivity contribution in [1.82, 2.24) is 4.90 Å². The van der Waals surface area contributed by atoms with Gasteiger partial charge in [-0.25, -0.2) is 0 Å². The predicted molar refractivity (Wildman–Crippen MR) is 75.8 cm³/mol. The van der Waals surface area contributed by atoms with Crippen LogP contribution in [-0.4, -0.2) is 29.4 Å². The molecule has 21 heavy (non-hydrogen) atoms. The molecule has 2 rings (SSSR count). The standard InChI is InChI=1S/C16H18N2O3/c1-11(9-17)21-16(20)14-8-15(19)18(10-14)12(2)13-6-4-3-5-7-13/h3-7,11-12,14H,8,10H2,1-2H3/t11-,12+,14+/m1/s1. The lowest BCUT2D eigenvalue weighted by atomic mass is 10.1. The van der Waals surface area contributed by atoms with Crippen LogP contribution in [0.15, 0.2) is 30.3 Å². The molecular formula is C16H18N2O3. The summed E-state index contributed by atoms with van der Waals surface area (Å²) in [5.74, 6) is -1.02. The van der Waals surface area contributed by atoms with Gasteiger partial charge in [-0.2, -0.15) is 5.26 Å². The Balaban J connectivity index is 2.03. The minimum absolute atomic E-state index is 0.0575. The average Bonchev–Trinajstić information content (AvgIpc) is 2.89. The summed E-state index contributed by atoms with van der Waals surface area (Å²) in [6, 6.07) is 11.5. The third-order valence-electron chi connectivity index (χ3n) is 3.72. The van der Waals surface area contributed by atoms with Crippen LogP contribution in [0.3, 0.4) is 0 Å². The fraction of sp³-hybridized carbons (Fsp3) is 0.438. The van der Waals surface area contributed by atoms with Crippen molar-refractivity contribution in [2.45, 2.75) is 32.4 Å². The summed E-state index contributed by atoms with van der Waals surface area (Å²) in [7, 11) is 0. The Morgan fingerprint density at radius 3 is 2.67 bits per heavy atom. The normalized spacial score (nSPS) is 20.7. The van der Waals surface area contributed by atoms with Crippen molar-refractivity contribution in [3.8, 4) is 6.07 Å². The number of esters is 1. The highest BCUT2D eigenvalue weighted by Gasteiger charge is 2.38. The molecule has 1 aliphatic rings. The maximum Gasteiger partial charge on any atom is 0.312 e. The molecule has 0 aromatic heterocycles. The zero-order valence-corrected chi connectivity index (χ0v) is 12.2. The Morgan fingerprint density at radius 2 is 2.05 bits per heavy atom. The first-order valence-corrected chi connectivity index (χ1v) is 6.97. The van der Waals surface area contributed by atoms with Gasteiger partial charge in [0.1, 0.15) is 6.07 Å². The van der Waals surface area contributed by atoms with Crippen molar-refractivity contribution in [3.63, 3.8) is 0 Å². The predicted octanol–water partition coefficient (Wildman–Crippen LogP) is 2.05. The van der Waals surface area contributed by atoms with Crippen LogP contribution in [0.1, 0.15) is 31.9 Å². The van der Waals surface area contributed by atoms with Gasteiger partial charge in [0.25, 0.3) is 0 Å². The number of amides is 1. The molecule has 5 nitrogen and oxygen atoms in total. The number of nitrogens with zero attached hydrogens (tertiary/aromatic N) is 2. The minimum Gasteiger partial charge on any atom is -0.447 e. The summed E-state index contributed by atoms with van der Waals surface area (Å²) in [5, 5.41) is 8.66. The van der Waals surface area contributed by atoms with Crippen LogP contribution in [0.25, 0.3) is 0 Å². The molecule has 0 spiro atoms. The summed E-state index contributed by atoms with van der Waals surface area (Å²) in [6.07, 6.45) is -0.637. The number of hydrogen-bond donors (Lipinski definition) is 0. The van der Waals surface area contributed by atoms with Crippen molar-refractivity contribution in [2.75, 3.05) is 6.54 Å². The lowest BCUT2D eigenvalue weighted by Gasteiger charge is -2.25. The largest absolute Gasteiger partial charge is 0.447 e. The third kappa shape index (κ3) is 3.40. The zero-order chi connectivity index (χ0) is 15.4.